The molecule has 9 aromatic carbocycles. The number of benzene rings is 9. The van der Waals surface area contributed by atoms with Crippen molar-refractivity contribution in [3.63, 3.8) is 0 Å². The maximum absolute atomic E-state index is 9.95. The first kappa shape index (κ1) is 38.3. The summed E-state index contributed by atoms with van der Waals surface area (Å²) in [4.78, 5) is 18.2. The Morgan fingerprint density at radius 1 is 0.382 bits per heavy atom. The van der Waals surface area contributed by atoms with Crippen LogP contribution in [0.1, 0.15) is 11.1 Å². The summed E-state index contributed by atoms with van der Waals surface area (Å²) in [6, 6.07) is 65.6. The van der Waals surface area contributed by atoms with E-state index in [-0.39, 0.29) is 0 Å². The molecule has 0 aliphatic carbocycles. The zero-order chi connectivity index (χ0) is 45.6. The fourth-order valence-corrected chi connectivity index (χ4v) is 10.3. The number of para-hydroxylation sites is 2. The Kier molecular flexibility index (Phi) is 8.30. The van der Waals surface area contributed by atoms with Crippen LogP contribution in [0.3, 0.4) is 0 Å². The highest BCUT2D eigenvalue weighted by Crippen LogP contribution is 2.46. The van der Waals surface area contributed by atoms with Crippen molar-refractivity contribution in [2.45, 2.75) is 0 Å². The van der Waals surface area contributed by atoms with Crippen molar-refractivity contribution in [1.82, 2.24) is 19.1 Å². The number of hydrogen-bond donors (Lipinski definition) is 0. The van der Waals surface area contributed by atoms with Gasteiger partial charge in [-0.25, -0.2) is 19.7 Å². The van der Waals surface area contributed by atoms with E-state index in [1.807, 2.05) is 109 Å². The molecule has 0 bridgehead atoms. The lowest BCUT2D eigenvalue weighted by Crippen LogP contribution is -1.99. The number of hydrogen-bond acceptors (Lipinski definition) is 4. The van der Waals surface area contributed by atoms with Gasteiger partial charge in [-0.3, -0.25) is 0 Å². The minimum atomic E-state index is 0.529. The highest BCUT2D eigenvalue weighted by Gasteiger charge is 2.23. The molecule has 0 atom stereocenters. The second-order valence-corrected chi connectivity index (χ2v) is 17.0. The molecule has 8 heteroatoms. The van der Waals surface area contributed by atoms with Gasteiger partial charge >= 0.3 is 0 Å². The normalized spacial score (nSPS) is 11.5. The molecule has 68 heavy (non-hydrogen) atoms. The molecular weight excluding hydrogens is 833 g/mol. The van der Waals surface area contributed by atoms with Crippen LogP contribution in [0, 0.1) is 35.8 Å². The van der Waals surface area contributed by atoms with Gasteiger partial charge in [0, 0.05) is 44.0 Å². The maximum Gasteiger partial charge on any atom is 0.188 e. The third-order valence-electron chi connectivity index (χ3n) is 13.3. The molecule has 0 radical (unpaired) electrons. The standard InChI is InChI=1S/C60H30N8/c1-63-39-15-25-57-47(29-39)45-27-35(33-61)11-23-55(45)67(57)41-17-19-43-49(31-41)59(53-21-13-37-7-3-5-9-51(37)65-53)44-20-18-42(32-50(44)60(43)54-22-14-38-8-4-6-10-52(38)66-54)68-56-24-12-36(34-62)28-46(56)48-30-40(64-2)16-26-58(48)68/h3-32H. The van der Waals surface area contributed by atoms with Gasteiger partial charge in [0.1, 0.15) is 0 Å². The van der Waals surface area contributed by atoms with Crippen molar-refractivity contribution in [1.29, 1.82) is 10.5 Å². The lowest BCUT2D eigenvalue weighted by molar-refractivity contribution is 1.18. The molecule has 13 aromatic rings. The summed E-state index contributed by atoms with van der Waals surface area (Å²) >= 11 is 0. The molecule has 4 heterocycles. The molecule has 0 unspecified atom stereocenters. The number of fused-ring (bicyclic) bond motifs is 10. The molecule has 4 aromatic heterocycles. The lowest BCUT2D eigenvalue weighted by atomic mass is 9.87. The molecule has 0 saturated heterocycles. The third-order valence-corrected chi connectivity index (χ3v) is 13.3. The second kappa shape index (κ2) is 14.7. The molecule has 0 aliphatic rings. The van der Waals surface area contributed by atoms with Gasteiger partial charge in [0.25, 0.3) is 0 Å². The fraction of sp³-hybridized carbons (Fsp3) is 0. The third kappa shape index (κ3) is 5.70. The van der Waals surface area contributed by atoms with Crippen molar-refractivity contribution in [3.05, 3.63) is 216 Å². The van der Waals surface area contributed by atoms with Crippen LogP contribution >= 0.6 is 0 Å². The largest absolute Gasteiger partial charge is 0.309 e. The van der Waals surface area contributed by atoms with E-state index < -0.39 is 0 Å². The van der Waals surface area contributed by atoms with Crippen LogP contribution in [0.2, 0.25) is 0 Å². The second-order valence-electron chi connectivity index (χ2n) is 17.0. The van der Waals surface area contributed by atoms with Crippen LogP contribution in [0.4, 0.5) is 11.4 Å². The average Bonchev–Trinajstić information content (AvgIpc) is 3.90. The van der Waals surface area contributed by atoms with Gasteiger partial charge in [-0.15, -0.1) is 0 Å². The highest BCUT2D eigenvalue weighted by atomic mass is 15.0. The first-order valence-corrected chi connectivity index (χ1v) is 22.0. The van der Waals surface area contributed by atoms with Gasteiger partial charge in [0.2, 0.25) is 0 Å². The molecule has 0 spiro atoms. The number of pyridine rings is 2. The Bertz CT molecular complexity index is 4130. The first-order chi connectivity index (χ1) is 33.5. The molecule has 13 rings (SSSR count). The Balaban J connectivity index is 1.18. The summed E-state index contributed by atoms with van der Waals surface area (Å²) in [5.74, 6) is 0. The first-order valence-electron chi connectivity index (χ1n) is 22.0. The molecule has 310 valence electrons. The average molecular weight is 863 g/mol. The van der Waals surface area contributed by atoms with E-state index in [0.717, 1.165) is 121 Å². The molecular formula is C60H30N8. The van der Waals surface area contributed by atoms with Crippen molar-refractivity contribution in [2.24, 2.45) is 0 Å². The summed E-state index contributed by atoms with van der Waals surface area (Å²) in [7, 11) is 0. The SMILES string of the molecule is [C-]#[N+]c1ccc2c(c1)c1cc(C#N)ccc1n2-c1ccc2c(-c3ccc4ccccc4n3)c3cc(-n4c5ccc(C#N)cc5c5cc([N+]#[C-])ccc54)ccc3c(-c3ccc4ccccc4n3)c2c1. The van der Waals surface area contributed by atoms with E-state index in [9.17, 15) is 10.5 Å². The van der Waals surface area contributed by atoms with E-state index in [2.05, 4.69) is 104 Å². The van der Waals surface area contributed by atoms with E-state index in [1.54, 1.807) is 0 Å². The summed E-state index contributed by atoms with van der Waals surface area (Å²) in [6.07, 6.45) is 0. The molecule has 0 saturated carbocycles. The minimum absolute atomic E-state index is 0.529. The Morgan fingerprint density at radius 2 is 0.794 bits per heavy atom. The Morgan fingerprint density at radius 3 is 1.22 bits per heavy atom. The van der Waals surface area contributed by atoms with Gasteiger partial charge in [-0.05, 0) is 142 Å². The summed E-state index contributed by atoms with van der Waals surface area (Å²) in [5.41, 5.74) is 13.0. The zero-order valence-electron chi connectivity index (χ0n) is 35.9. The van der Waals surface area contributed by atoms with Crippen molar-refractivity contribution >= 4 is 98.3 Å². The van der Waals surface area contributed by atoms with E-state index in [1.165, 1.54) is 0 Å². The predicted octanol–water partition coefficient (Wildman–Crippen LogP) is 15.5. The molecule has 0 amide bonds. The van der Waals surface area contributed by atoms with Gasteiger partial charge in [-0.1, -0.05) is 72.8 Å². The topological polar surface area (TPSA) is 91.9 Å². The monoisotopic (exact) mass is 862 g/mol. The van der Waals surface area contributed by atoms with Crippen LogP contribution in [0.5, 0.6) is 0 Å². The van der Waals surface area contributed by atoms with Crippen LogP contribution < -0.4 is 0 Å². The van der Waals surface area contributed by atoms with E-state index >= 15 is 0 Å². The number of rotatable bonds is 4. The van der Waals surface area contributed by atoms with Crippen LogP contribution in [0.15, 0.2) is 182 Å². The predicted molar refractivity (Wildman–Crippen MR) is 274 cm³/mol. The summed E-state index contributed by atoms with van der Waals surface area (Å²) in [5, 5.41) is 29.5. The fourth-order valence-electron chi connectivity index (χ4n) is 10.3. The van der Waals surface area contributed by atoms with Crippen LogP contribution in [0.25, 0.3) is 131 Å². The van der Waals surface area contributed by atoms with Crippen LogP contribution in [-0.4, -0.2) is 19.1 Å². The summed E-state index contributed by atoms with van der Waals surface area (Å²) < 4.78 is 4.44. The number of nitrogens with zero attached hydrogens (tertiary/aromatic N) is 8. The van der Waals surface area contributed by atoms with Crippen molar-refractivity contribution in [2.75, 3.05) is 0 Å². The summed E-state index contributed by atoms with van der Waals surface area (Å²) in [6.45, 7) is 15.6. The van der Waals surface area contributed by atoms with Gasteiger partial charge in [0.05, 0.1) is 80.9 Å². The Labute approximate surface area is 388 Å². The van der Waals surface area contributed by atoms with Crippen LogP contribution in [-0.2, 0) is 0 Å². The Hall–Kier alpha value is -10.1. The molecule has 0 N–H and O–H groups in total. The van der Waals surface area contributed by atoms with Crippen molar-refractivity contribution in [3.8, 4) is 46.0 Å². The quantitative estimate of drug-likeness (QED) is 0.130. The lowest BCUT2D eigenvalue weighted by Gasteiger charge is -2.20. The minimum Gasteiger partial charge on any atom is -0.309 e. The maximum atomic E-state index is 9.95. The van der Waals surface area contributed by atoms with E-state index in [0.29, 0.717) is 22.5 Å². The smallest absolute Gasteiger partial charge is 0.188 e. The molecule has 0 fully saturated rings. The van der Waals surface area contributed by atoms with Crippen molar-refractivity contribution < 1.29 is 0 Å². The molecule has 8 nitrogen and oxygen atoms in total. The highest BCUT2D eigenvalue weighted by molar-refractivity contribution is 6.22. The zero-order valence-corrected chi connectivity index (χ0v) is 35.9. The number of nitriles is 2. The van der Waals surface area contributed by atoms with E-state index in [4.69, 9.17) is 23.1 Å². The van der Waals surface area contributed by atoms with Gasteiger partial charge in [-0.2, -0.15) is 10.5 Å². The van der Waals surface area contributed by atoms with Gasteiger partial charge < -0.3 is 9.13 Å². The number of aromatic nitrogens is 4. The molecule has 0 aliphatic heterocycles. The van der Waals surface area contributed by atoms with Gasteiger partial charge in [0.15, 0.2) is 11.4 Å².